The Morgan fingerprint density at radius 3 is 2.70 bits per heavy atom. The van der Waals surface area contributed by atoms with Crippen LogP contribution >= 0.6 is 12.2 Å². The van der Waals surface area contributed by atoms with Gasteiger partial charge in [0, 0.05) is 18.2 Å². The Balaban J connectivity index is 2.23. The second-order valence-corrected chi connectivity index (χ2v) is 4.12. The number of thiocarbonyl (C=S) groups is 1. The van der Waals surface area contributed by atoms with Crippen LogP contribution in [0.15, 0.2) is 39.8 Å². The van der Waals surface area contributed by atoms with Crippen molar-refractivity contribution >= 4 is 28.9 Å². The van der Waals surface area contributed by atoms with Crippen molar-refractivity contribution in [3.63, 3.8) is 0 Å². The fourth-order valence-corrected chi connectivity index (χ4v) is 1.70. The van der Waals surface area contributed by atoms with Gasteiger partial charge in [-0.3, -0.25) is 10.1 Å². The third kappa shape index (κ3) is 3.25. The predicted octanol–water partition coefficient (Wildman–Crippen LogP) is 3.10. The number of nitro groups is 1. The molecule has 2 aromatic rings. The maximum atomic E-state index is 10.6. The Morgan fingerprint density at radius 1 is 1.50 bits per heavy atom. The van der Waals surface area contributed by atoms with Gasteiger partial charge in [0.2, 0.25) is 0 Å². The summed E-state index contributed by atoms with van der Waals surface area (Å²) in [6.07, 6.45) is -0.530. The summed E-state index contributed by atoms with van der Waals surface area (Å²) in [6.45, 7) is 1.77. The number of hydrogen-bond donors (Lipinski definition) is 1. The summed E-state index contributed by atoms with van der Waals surface area (Å²) >= 11 is 4.61. The Morgan fingerprint density at radius 2 is 2.20 bits per heavy atom. The number of nitro benzene ring substituents is 1. The van der Waals surface area contributed by atoms with E-state index >= 15 is 0 Å². The van der Waals surface area contributed by atoms with Crippen molar-refractivity contribution in [3.05, 3.63) is 51.8 Å². The molecule has 1 heterocycles. The highest BCUT2D eigenvalue weighted by atomic mass is 32.1. The van der Waals surface area contributed by atoms with E-state index in [0.29, 0.717) is 17.1 Å². The van der Waals surface area contributed by atoms with E-state index in [1.807, 2.05) is 0 Å². The summed E-state index contributed by atoms with van der Waals surface area (Å²) in [5.41, 5.74) is 0.713. The largest absolute Gasteiger partial charge is 0.360 e. The molecule has 0 fully saturated rings. The van der Waals surface area contributed by atoms with E-state index < -0.39 is 11.1 Å². The van der Waals surface area contributed by atoms with E-state index in [4.69, 9.17) is 4.52 Å². The second-order valence-electron chi connectivity index (χ2n) is 3.94. The second kappa shape index (κ2) is 6.05. The summed E-state index contributed by atoms with van der Waals surface area (Å²) in [4.78, 5) is 14.1. The van der Waals surface area contributed by atoms with Crippen molar-refractivity contribution in [2.24, 2.45) is 4.99 Å². The average molecular weight is 290 g/mol. The minimum Gasteiger partial charge on any atom is -0.360 e. The molecule has 2 rings (SSSR count). The van der Waals surface area contributed by atoms with Crippen molar-refractivity contribution in [3.8, 4) is 0 Å². The lowest BCUT2D eigenvalue weighted by atomic mass is 10.1. The molecule has 0 aliphatic heterocycles. The predicted molar refractivity (Wildman–Crippen MR) is 75.7 cm³/mol. The molecule has 0 aliphatic carbocycles. The van der Waals surface area contributed by atoms with E-state index in [0.717, 1.165) is 0 Å². The minimum absolute atomic E-state index is 0.0103. The van der Waals surface area contributed by atoms with Crippen LogP contribution in [0.1, 0.15) is 17.5 Å². The molecule has 1 N–H and O–H groups in total. The monoisotopic (exact) mass is 290 g/mol. The Hall–Kier alpha value is -2.57. The maximum Gasteiger partial charge on any atom is 0.269 e. The van der Waals surface area contributed by atoms with Crippen molar-refractivity contribution < 1.29 is 9.45 Å². The number of aromatic nitrogens is 1. The van der Waals surface area contributed by atoms with Crippen molar-refractivity contribution in [1.82, 2.24) is 5.16 Å². The van der Waals surface area contributed by atoms with Crippen LogP contribution in [-0.2, 0) is 0 Å². The average Bonchev–Trinajstić information content (AvgIpc) is 2.84. The number of non-ortho nitro benzene ring substituents is 1. The minimum atomic E-state index is -0.530. The van der Waals surface area contributed by atoms with Crippen LogP contribution in [0.2, 0.25) is 0 Å². The first-order valence-electron chi connectivity index (χ1n) is 5.61. The van der Waals surface area contributed by atoms with Gasteiger partial charge in [0.15, 0.2) is 12.0 Å². The maximum absolute atomic E-state index is 10.6. The molecular formula is C12H10N4O3S. The number of nitrogens with one attached hydrogen (secondary N) is 1. The van der Waals surface area contributed by atoms with Gasteiger partial charge in [0.25, 0.3) is 5.69 Å². The summed E-state index contributed by atoms with van der Waals surface area (Å²) in [6, 6.07) is 7.70. The molecule has 1 atom stereocenters. The third-order valence-electron chi connectivity index (χ3n) is 2.51. The smallest absolute Gasteiger partial charge is 0.269 e. The van der Waals surface area contributed by atoms with E-state index in [2.05, 4.69) is 32.8 Å². The SMILES string of the molecule is Cc1cc(NC(N=C=S)c2ccc([N+](=O)[O-])cc2)no1. The van der Waals surface area contributed by atoms with Crippen LogP contribution in [0.5, 0.6) is 0 Å². The molecule has 0 spiro atoms. The summed E-state index contributed by atoms with van der Waals surface area (Å²) in [5, 5.41) is 19.7. The normalized spacial score (nSPS) is 11.4. The Kier molecular flexibility index (Phi) is 4.19. The van der Waals surface area contributed by atoms with Gasteiger partial charge >= 0.3 is 0 Å². The molecule has 20 heavy (non-hydrogen) atoms. The van der Waals surface area contributed by atoms with Crippen molar-refractivity contribution in [1.29, 1.82) is 0 Å². The van der Waals surface area contributed by atoms with Crippen molar-refractivity contribution in [2.75, 3.05) is 5.32 Å². The molecule has 7 nitrogen and oxygen atoms in total. The molecule has 0 radical (unpaired) electrons. The lowest BCUT2D eigenvalue weighted by Crippen LogP contribution is -2.08. The molecule has 0 saturated carbocycles. The fraction of sp³-hybridized carbons (Fsp3) is 0.167. The van der Waals surface area contributed by atoms with Gasteiger partial charge in [-0.25, -0.2) is 4.99 Å². The standard InChI is InChI=1S/C12H10N4O3S/c1-8-6-11(15-19-8)14-12(13-7-20)9-2-4-10(5-3-9)16(17)18/h2-6,12H,1H3,(H,14,15). The van der Waals surface area contributed by atoms with E-state index in [9.17, 15) is 10.1 Å². The molecule has 0 amide bonds. The molecule has 102 valence electrons. The van der Waals surface area contributed by atoms with Gasteiger partial charge in [0.1, 0.15) is 5.76 Å². The first-order valence-corrected chi connectivity index (χ1v) is 6.02. The fourth-order valence-electron chi connectivity index (χ4n) is 1.60. The molecule has 0 aliphatic rings. The van der Waals surface area contributed by atoms with Crippen LogP contribution in [0.3, 0.4) is 0 Å². The van der Waals surface area contributed by atoms with Crippen LogP contribution in [0, 0.1) is 17.0 Å². The lowest BCUT2D eigenvalue weighted by Gasteiger charge is -2.12. The first-order chi connectivity index (χ1) is 9.60. The highest BCUT2D eigenvalue weighted by Gasteiger charge is 2.13. The Labute approximate surface area is 119 Å². The molecule has 1 aromatic carbocycles. The van der Waals surface area contributed by atoms with E-state index in [-0.39, 0.29) is 5.69 Å². The summed E-state index contributed by atoms with van der Waals surface area (Å²) < 4.78 is 4.94. The van der Waals surface area contributed by atoms with Crippen LogP contribution in [0.25, 0.3) is 0 Å². The number of benzene rings is 1. The molecule has 0 saturated heterocycles. The molecular weight excluding hydrogens is 280 g/mol. The number of nitrogens with zero attached hydrogens (tertiary/aromatic N) is 3. The molecule has 8 heteroatoms. The molecule has 0 bridgehead atoms. The number of isothiocyanates is 1. The number of aryl methyl sites for hydroxylation is 1. The van der Waals surface area contributed by atoms with Crippen molar-refractivity contribution in [2.45, 2.75) is 13.1 Å². The number of anilines is 1. The highest BCUT2D eigenvalue weighted by molar-refractivity contribution is 7.78. The molecule has 1 unspecified atom stereocenters. The van der Waals surface area contributed by atoms with Crippen LogP contribution in [0.4, 0.5) is 11.5 Å². The zero-order valence-electron chi connectivity index (χ0n) is 10.4. The number of hydrogen-bond acceptors (Lipinski definition) is 7. The van der Waals surface area contributed by atoms with Gasteiger partial charge < -0.3 is 9.84 Å². The highest BCUT2D eigenvalue weighted by Crippen LogP contribution is 2.22. The van der Waals surface area contributed by atoms with Gasteiger partial charge in [-0.2, -0.15) is 0 Å². The van der Waals surface area contributed by atoms with Gasteiger partial charge in [-0.05, 0) is 36.8 Å². The number of aliphatic imine (C=N–C) groups is 1. The van der Waals surface area contributed by atoms with Crippen LogP contribution in [-0.4, -0.2) is 15.2 Å². The zero-order valence-corrected chi connectivity index (χ0v) is 11.3. The Bertz CT molecular complexity index is 662. The van der Waals surface area contributed by atoms with Gasteiger partial charge in [0.05, 0.1) is 10.1 Å². The zero-order chi connectivity index (χ0) is 14.5. The van der Waals surface area contributed by atoms with Crippen LogP contribution < -0.4 is 5.32 Å². The first kappa shape index (κ1) is 13.9. The van der Waals surface area contributed by atoms with E-state index in [1.54, 1.807) is 25.1 Å². The van der Waals surface area contributed by atoms with Gasteiger partial charge in [-0.1, -0.05) is 5.16 Å². The number of rotatable bonds is 5. The third-order valence-corrected chi connectivity index (χ3v) is 2.62. The summed E-state index contributed by atoms with van der Waals surface area (Å²) in [7, 11) is 0. The quantitative estimate of drug-likeness (QED) is 0.393. The van der Waals surface area contributed by atoms with Gasteiger partial charge in [-0.15, -0.1) is 0 Å². The summed E-state index contributed by atoms with van der Waals surface area (Å²) in [5.74, 6) is 1.15. The molecule has 1 aromatic heterocycles. The lowest BCUT2D eigenvalue weighted by molar-refractivity contribution is -0.384. The topological polar surface area (TPSA) is 93.6 Å². The van der Waals surface area contributed by atoms with E-state index in [1.165, 1.54) is 12.1 Å².